The van der Waals surface area contributed by atoms with Crippen molar-refractivity contribution in [3.63, 3.8) is 0 Å². The lowest BCUT2D eigenvalue weighted by Gasteiger charge is -2.29. The Morgan fingerprint density at radius 1 is 1.41 bits per heavy atom. The Kier molecular flexibility index (Phi) is 4.12. The molecule has 1 aliphatic heterocycles. The summed E-state index contributed by atoms with van der Waals surface area (Å²) in [5, 5.41) is 6.40. The van der Waals surface area contributed by atoms with Gasteiger partial charge in [-0.15, -0.1) is 0 Å². The van der Waals surface area contributed by atoms with Crippen LogP contribution in [0.5, 0.6) is 0 Å². The molecule has 0 spiro atoms. The van der Waals surface area contributed by atoms with Gasteiger partial charge in [-0.1, -0.05) is 6.07 Å². The smallest absolute Gasteiger partial charge is 0.150 e. The van der Waals surface area contributed by atoms with Crippen molar-refractivity contribution in [3.05, 3.63) is 29.3 Å². The molecule has 4 nitrogen and oxygen atoms in total. The molecular formula is C13H19N3O. The minimum absolute atomic E-state index is 0.732. The van der Waals surface area contributed by atoms with Gasteiger partial charge in [0, 0.05) is 44.0 Å². The maximum atomic E-state index is 11.1. The molecule has 0 bridgehead atoms. The van der Waals surface area contributed by atoms with Crippen LogP contribution in [0.25, 0.3) is 0 Å². The lowest BCUT2D eigenvalue weighted by molar-refractivity contribution is 0.112. The van der Waals surface area contributed by atoms with Crippen LogP contribution < -0.4 is 15.5 Å². The van der Waals surface area contributed by atoms with Crippen molar-refractivity contribution in [3.8, 4) is 0 Å². The molecule has 0 aliphatic carbocycles. The topological polar surface area (TPSA) is 44.4 Å². The zero-order valence-electron chi connectivity index (χ0n) is 10.2. The van der Waals surface area contributed by atoms with Crippen LogP contribution in [0.3, 0.4) is 0 Å². The van der Waals surface area contributed by atoms with Crippen LogP contribution in [0.2, 0.25) is 0 Å². The van der Waals surface area contributed by atoms with Crippen molar-refractivity contribution in [2.24, 2.45) is 0 Å². The van der Waals surface area contributed by atoms with Crippen LogP contribution in [0.1, 0.15) is 15.9 Å². The van der Waals surface area contributed by atoms with Gasteiger partial charge in [0.1, 0.15) is 6.29 Å². The van der Waals surface area contributed by atoms with Gasteiger partial charge in [-0.05, 0) is 24.7 Å². The molecule has 0 aromatic heterocycles. The number of nitrogens with one attached hydrogen (secondary N) is 2. The van der Waals surface area contributed by atoms with Crippen LogP contribution in [-0.4, -0.2) is 39.5 Å². The fourth-order valence-electron chi connectivity index (χ4n) is 2.16. The summed E-state index contributed by atoms with van der Waals surface area (Å²) in [6.45, 7) is 4.76. The third-order valence-corrected chi connectivity index (χ3v) is 3.11. The second-order valence-corrected chi connectivity index (χ2v) is 4.27. The van der Waals surface area contributed by atoms with Gasteiger partial charge in [0.15, 0.2) is 0 Å². The number of benzene rings is 1. The van der Waals surface area contributed by atoms with Gasteiger partial charge in [-0.3, -0.25) is 4.79 Å². The highest BCUT2D eigenvalue weighted by Gasteiger charge is 2.11. The summed E-state index contributed by atoms with van der Waals surface area (Å²) in [6, 6.07) is 6.13. The van der Waals surface area contributed by atoms with Crippen LogP contribution in [0.4, 0.5) is 5.69 Å². The molecule has 1 heterocycles. The van der Waals surface area contributed by atoms with Crippen molar-refractivity contribution >= 4 is 12.0 Å². The van der Waals surface area contributed by atoms with Gasteiger partial charge >= 0.3 is 0 Å². The average molecular weight is 233 g/mol. The molecule has 1 aliphatic rings. The van der Waals surface area contributed by atoms with Crippen LogP contribution in [0, 0.1) is 0 Å². The highest BCUT2D eigenvalue weighted by molar-refractivity contribution is 5.79. The van der Waals surface area contributed by atoms with Crippen molar-refractivity contribution < 1.29 is 4.79 Å². The van der Waals surface area contributed by atoms with Gasteiger partial charge in [-0.2, -0.15) is 0 Å². The summed E-state index contributed by atoms with van der Waals surface area (Å²) in [5.74, 6) is 0. The van der Waals surface area contributed by atoms with E-state index in [0.717, 1.165) is 55.8 Å². The molecule has 1 saturated heterocycles. The Morgan fingerprint density at radius 3 is 2.82 bits per heavy atom. The highest BCUT2D eigenvalue weighted by Crippen LogP contribution is 2.19. The van der Waals surface area contributed by atoms with Crippen molar-refractivity contribution in [2.75, 3.05) is 38.1 Å². The van der Waals surface area contributed by atoms with Gasteiger partial charge in [0.25, 0.3) is 0 Å². The number of carbonyl (C=O) groups is 1. The molecule has 92 valence electrons. The molecule has 0 unspecified atom stereocenters. The summed E-state index contributed by atoms with van der Waals surface area (Å²) in [5.41, 5.74) is 2.99. The Balaban J connectivity index is 2.20. The third-order valence-electron chi connectivity index (χ3n) is 3.11. The second kappa shape index (κ2) is 5.80. The molecule has 2 N–H and O–H groups in total. The maximum absolute atomic E-state index is 11.1. The fraction of sp³-hybridized carbons (Fsp3) is 0.462. The quantitative estimate of drug-likeness (QED) is 0.749. The number of nitrogens with zero attached hydrogens (tertiary/aromatic N) is 1. The number of rotatable bonds is 4. The third kappa shape index (κ3) is 2.84. The first-order valence-corrected chi connectivity index (χ1v) is 6.03. The first-order valence-electron chi connectivity index (χ1n) is 6.03. The second-order valence-electron chi connectivity index (χ2n) is 4.27. The Bertz CT molecular complexity index is 386. The molecule has 1 aromatic rings. The predicted molar refractivity (Wildman–Crippen MR) is 69.7 cm³/mol. The SMILES string of the molecule is CNCc1ccc(N2CCNCC2)cc1C=O. The lowest BCUT2D eigenvalue weighted by atomic mass is 10.1. The van der Waals surface area contributed by atoms with Crippen LogP contribution >= 0.6 is 0 Å². The normalized spacial score (nSPS) is 15.9. The molecule has 0 saturated carbocycles. The van der Waals surface area contributed by atoms with Gasteiger partial charge in [-0.25, -0.2) is 0 Å². The van der Waals surface area contributed by atoms with E-state index in [-0.39, 0.29) is 0 Å². The Labute approximate surface area is 102 Å². The molecule has 4 heteroatoms. The zero-order chi connectivity index (χ0) is 12.1. The first-order chi connectivity index (χ1) is 8.35. The predicted octanol–water partition coefficient (Wildman–Crippen LogP) is 0.628. The van der Waals surface area contributed by atoms with E-state index in [9.17, 15) is 4.79 Å². The molecule has 2 rings (SSSR count). The van der Waals surface area contributed by atoms with E-state index in [1.807, 2.05) is 19.2 Å². The molecule has 17 heavy (non-hydrogen) atoms. The number of anilines is 1. The number of hydrogen-bond donors (Lipinski definition) is 2. The zero-order valence-corrected chi connectivity index (χ0v) is 10.2. The van der Waals surface area contributed by atoms with Gasteiger partial charge < -0.3 is 15.5 Å². The number of aldehydes is 1. The van der Waals surface area contributed by atoms with E-state index >= 15 is 0 Å². The lowest BCUT2D eigenvalue weighted by Crippen LogP contribution is -2.43. The van der Waals surface area contributed by atoms with Crippen molar-refractivity contribution in [2.45, 2.75) is 6.54 Å². The number of carbonyl (C=O) groups excluding carboxylic acids is 1. The van der Waals surface area contributed by atoms with Gasteiger partial charge in [0.2, 0.25) is 0 Å². The highest BCUT2D eigenvalue weighted by atomic mass is 16.1. The van der Waals surface area contributed by atoms with E-state index in [1.165, 1.54) is 0 Å². The van der Waals surface area contributed by atoms with Crippen LogP contribution in [0.15, 0.2) is 18.2 Å². The summed E-state index contributed by atoms with van der Waals surface area (Å²) in [7, 11) is 1.89. The van der Waals surface area contributed by atoms with E-state index in [1.54, 1.807) is 0 Å². The minimum atomic E-state index is 0.732. The summed E-state index contributed by atoms with van der Waals surface area (Å²) >= 11 is 0. The molecule has 1 aromatic carbocycles. The molecule has 0 amide bonds. The van der Waals surface area contributed by atoms with Crippen molar-refractivity contribution in [1.29, 1.82) is 0 Å². The van der Waals surface area contributed by atoms with E-state index in [4.69, 9.17) is 0 Å². The van der Waals surface area contributed by atoms with Gasteiger partial charge in [0.05, 0.1) is 0 Å². The molecule has 0 radical (unpaired) electrons. The minimum Gasteiger partial charge on any atom is -0.369 e. The molecular weight excluding hydrogens is 214 g/mol. The Hall–Kier alpha value is -1.39. The van der Waals surface area contributed by atoms with Crippen LogP contribution in [-0.2, 0) is 6.54 Å². The monoisotopic (exact) mass is 233 g/mol. The Morgan fingerprint density at radius 2 is 2.18 bits per heavy atom. The average Bonchev–Trinajstić information content (AvgIpc) is 2.40. The number of piperazine rings is 1. The molecule has 0 atom stereocenters. The fourth-order valence-corrected chi connectivity index (χ4v) is 2.16. The number of hydrogen-bond acceptors (Lipinski definition) is 4. The first kappa shape index (κ1) is 12.1. The summed E-state index contributed by atoms with van der Waals surface area (Å²) in [6.07, 6.45) is 0.943. The summed E-state index contributed by atoms with van der Waals surface area (Å²) < 4.78 is 0. The summed E-state index contributed by atoms with van der Waals surface area (Å²) in [4.78, 5) is 13.4. The largest absolute Gasteiger partial charge is 0.369 e. The van der Waals surface area contributed by atoms with Crippen molar-refractivity contribution in [1.82, 2.24) is 10.6 Å². The molecule has 1 fully saturated rings. The van der Waals surface area contributed by atoms with E-state index in [2.05, 4.69) is 21.6 Å². The maximum Gasteiger partial charge on any atom is 0.150 e. The van der Waals surface area contributed by atoms with E-state index in [0.29, 0.717) is 0 Å². The standard InChI is InChI=1S/C13H19N3O/c1-14-9-11-2-3-13(8-12(11)10-17)16-6-4-15-5-7-16/h2-3,8,10,14-15H,4-7,9H2,1H3. The van der Waals surface area contributed by atoms with E-state index < -0.39 is 0 Å².